The highest BCUT2D eigenvalue weighted by atomic mass is 19.4. The van der Waals surface area contributed by atoms with E-state index in [0.29, 0.717) is 61.1 Å². The number of ether oxygens (including phenoxy) is 1. The molecule has 308 valence electrons. The first kappa shape index (κ1) is 41.7. The van der Waals surface area contributed by atoms with Gasteiger partial charge in [0, 0.05) is 28.8 Å². The van der Waals surface area contributed by atoms with Gasteiger partial charge in [0.2, 0.25) is 0 Å². The Morgan fingerprint density at radius 3 is 2.42 bits per heavy atom. The highest BCUT2D eigenvalue weighted by molar-refractivity contribution is 6.10. The van der Waals surface area contributed by atoms with Crippen molar-refractivity contribution in [3.05, 3.63) is 154 Å². The van der Waals surface area contributed by atoms with E-state index in [9.17, 15) is 33.0 Å². The van der Waals surface area contributed by atoms with Crippen LogP contribution < -0.4 is 10.1 Å². The zero-order valence-electron chi connectivity index (χ0n) is 33.7. The van der Waals surface area contributed by atoms with E-state index in [2.05, 4.69) is 11.4 Å². The Kier molecular flexibility index (Phi) is 12.0. The van der Waals surface area contributed by atoms with Gasteiger partial charge in [0.15, 0.2) is 5.78 Å². The average Bonchev–Trinajstić information content (AvgIpc) is 3.47. The van der Waals surface area contributed by atoms with Crippen LogP contribution in [-0.2, 0) is 19.1 Å². The molecule has 7 nitrogen and oxygen atoms in total. The molecule has 1 fully saturated rings. The molecule has 10 heteroatoms. The first-order valence-electron chi connectivity index (χ1n) is 20.2. The van der Waals surface area contributed by atoms with Gasteiger partial charge < -0.3 is 25.2 Å². The van der Waals surface area contributed by atoms with Crippen LogP contribution in [0, 0.1) is 5.41 Å². The van der Waals surface area contributed by atoms with Gasteiger partial charge in [-0.25, -0.2) is 4.79 Å². The molecule has 3 aliphatic carbocycles. The van der Waals surface area contributed by atoms with Crippen molar-refractivity contribution in [3.8, 4) is 5.75 Å². The summed E-state index contributed by atoms with van der Waals surface area (Å²) in [6, 6.07) is 30.5. The molecule has 0 aliphatic heterocycles. The van der Waals surface area contributed by atoms with Gasteiger partial charge >= 0.3 is 12.2 Å². The van der Waals surface area contributed by atoms with Gasteiger partial charge in [0.05, 0.1) is 30.9 Å². The van der Waals surface area contributed by atoms with E-state index in [-0.39, 0.29) is 30.6 Å². The van der Waals surface area contributed by atoms with E-state index in [1.165, 1.54) is 12.1 Å². The Morgan fingerprint density at radius 1 is 0.915 bits per heavy atom. The number of amides is 2. The number of ketones is 1. The maximum Gasteiger partial charge on any atom is 0.416 e. The van der Waals surface area contributed by atoms with Crippen LogP contribution in [0.15, 0.2) is 121 Å². The highest BCUT2D eigenvalue weighted by Gasteiger charge is 2.57. The van der Waals surface area contributed by atoms with Crippen molar-refractivity contribution in [3.63, 3.8) is 0 Å². The number of nitrogens with one attached hydrogen (secondary N) is 1. The topological polar surface area (TPSA) is 99.1 Å². The molecule has 1 saturated carbocycles. The second kappa shape index (κ2) is 17.0. The smallest absolute Gasteiger partial charge is 0.416 e. The third-order valence-electron chi connectivity index (χ3n) is 12.7. The van der Waals surface area contributed by atoms with Crippen molar-refractivity contribution in [1.82, 2.24) is 4.90 Å². The molecule has 5 aromatic rings. The Hall–Kier alpha value is -5.45. The van der Waals surface area contributed by atoms with E-state index in [4.69, 9.17) is 4.74 Å². The Morgan fingerprint density at radius 2 is 1.66 bits per heavy atom. The molecule has 3 aliphatic rings. The molecule has 0 spiro atoms. The van der Waals surface area contributed by atoms with E-state index >= 15 is 0 Å². The molecule has 0 radical (unpaired) electrons. The first-order valence-corrected chi connectivity index (χ1v) is 20.2. The lowest BCUT2D eigenvalue weighted by atomic mass is 9.64. The maximum absolute atomic E-state index is 14.5. The Bertz CT molecular complexity index is 2350. The third kappa shape index (κ3) is 8.94. The molecule has 4 atom stereocenters. The van der Waals surface area contributed by atoms with Gasteiger partial charge in [0.25, 0.3) is 0 Å². The number of hydrogen-bond donors (Lipinski definition) is 3. The molecule has 3 N–H and O–H groups in total. The molecule has 59 heavy (non-hydrogen) atoms. The number of carbonyl (C=O) groups is 2. The fourth-order valence-corrected chi connectivity index (χ4v) is 9.22. The number of rotatable bonds is 8. The van der Waals surface area contributed by atoms with Crippen molar-refractivity contribution in [2.75, 3.05) is 19.0 Å². The molecular formula is C49H51F3N2O5. The summed E-state index contributed by atoms with van der Waals surface area (Å²) in [5, 5.41) is 29.3. The monoisotopic (exact) mass is 804 g/mol. The fraction of sp³-hybridized carbons (Fsp3) is 0.347. The number of aliphatic hydroxyl groups is 2. The summed E-state index contributed by atoms with van der Waals surface area (Å²) in [5.74, 6) is -0.320. The Labute approximate surface area is 343 Å². The maximum atomic E-state index is 14.5. The molecule has 2 amide bonds. The largest absolute Gasteiger partial charge is 0.497 e. The minimum absolute atomic E-state index is 0.0326. The number of allylic oxidation sites excluding steroid dienone is 2. The lowest BCUT2D eigenvalue weighted by molar-refractivity contribution is -0.137. The number of hydrogen-bond acceptors (Lipinski definition) is 5. The third-order valence-corrected chi connectivity index (χ3v) is 12.7. The van der Waals surface area contributed by atoms with Crippen LogP contribution in [0.25, 0.3) is 10.8 Å². The van der Waals surface area contributed by atoms with Gasteiger partial charge in [0.1, 0.15) is 5.75 Å². The van der Waals surface area contributed by atoms with Crippen LogP contribution in [0.1, 0.15) is 96.5 Å². The van der Waals surface area contributed by atoms with E-state index < -0.39 is 46.6 Å². The fourth-order valence-electron chi connectivity index (χ4n) is 9.22. The summed E-state index contributed by atoms with van der Waals surface area (Å²) in [7, 11) is 1.57. The van der Waals surface area contributed by atoms with Crippen LogP contribution in [0.5, 0.6) is 5.75 Å². The molecular weight excluding hydrogens is 754 g/mol. The van der Waals surface area contributed by atoms with Crippen LogP contribution in [0.3, 0.4) is 0 Å². The van der Waals surface area contributed by atoms with Crippen LogP contribution in [0.2, 0.25) is 0 Å². The van der Waals surface area contributed by atoms with E-state index in [0.717, 1.165) is 34.0 Å². The number of methoxy groups -OCH3 is 1. The molecule has 2 bridgehead atoms. The van der Waals surface area contributed by atoms with Crippen molar-refractivity contribution >= 4 is 28.3 Å². The van der Waals surface area contributed by atoms with Crippen molar-refractivity contribution < 1.29 is 37.7 Å². The second-order valence-corrected chi connectivity index (χ2v) is 16.5. The van der Waals surface area contributed by atoms with Crippen molar-refractivity contribution in [1.29, 1.82) is 0 Å². The minimum atomic E-state index is -4.64. The van der Waals surface area contributed by atoms with Crippen LogP contribution in [-0.4, -0.2) is 52.3 Å². The lowest BCUT2D eigenvalue weighted by Crippen LogP contribution is -2.54. The normalized spacial score (nSPS) is 22.3. The van der Waals surface area contributed by atoms with Crippen LogP contribution in [0.4, 0.5) is 23.7 Å². The average molecular weight is 805 g/mol. The summed E-state index contributed by atoms with van der Waals surface area (Å²) in [6.07, 6.45) is 0.100. The van der Waals surface area contributed by atoms with Crippen molar-refractivity contribution in [2.24, 2.45) is 5.41 Å². The number of fused-ring (bicyclic) bond motifs is 9. The van der Waals surface area contributed by atoms with Gasteiger partial charge in [-0.15, -0.1) is 0 Å². The number of alkyl halides is 3. The van der Waals surface area contributed by atoms with Crippen molar-refractivity contribution in [2.45, 2.75) is 89.1 Å². The highest BCUT2D eigenvalue weighted by Crippen LogP contribution is 2.59. The van der Waals surface area contributed by atoms with Gasteiger partial charge in [-0.2, -0.15) is 13.2 Å². The number of anilines is 1. The lowest BCUT2D eigenvalue weighted by Gasteiger charge is -2.46. The van der Waals surface area contributed by atoms with Gasteiger partial charge in [-0.05, 0) is 128 Å². The molecule has 0 unspecified atom stereocenters. The standard InChI is InChI=1S/C49H51F3N2O5/c1-32-9-8-25-47(2)44(42-23-17-33(27-39(55)20-16-32)28-43(42)45(56)35-12-7-14-37(29-35)49(50,51)52)24-26-48(47,58)31-54(46(57)53-38-18-21-40(59-3)22-19-38)30-36-13-6-11-34-10-4-5-15-41(34)36/h4-7,9-15,17-19,21-23,28-29,39,44,55,58H,8,16,20,24-27,30-31H2,1-3H3,(H,53,57)/t39-,44-,47-,48+/m0/s1. The number of benzene rings is 5. The zero-order valence-corrected chi connectivity index (χ0v) is 33.7. The van der Waals surface area contributed by atoms with Crippen LogP contribution >= 0.6 is 0 Å². The molecule has 5 aromatic carbocycles. The summed E-state index contributed by atoms with van der Waals surface area (Å²) in [6.45, 7) is 4.22. The quantitative estimate of drug-likeness (QED) is 0.107. The number of halogens is 3. The Balaban J connectivity index is 1.31. The predicted octanol–water partition coefficient (Wildman–Crippen LogP) is 10.9. The molecule has 0 aromatic heterocycles. The molecule has 0 heterocycles. The molecule has 8 rings (SSSR count). The predicted molar refractivity (Wildman–Crippen MR) is 225 cm³/mol. The summed E-state index contributed by atoms with van der Waals surface area (Å²) in [4.78, 5) is 30.6. The van der Waals surface area contributed by atoms with E-state index in [1.54, 1.807) is 42.3 Å². The number of carbonyl (C=O) groups excluding carboxylic acids is 2. The SMILES string of the molecule is COc1ccc(NC(=O)N(Cc2cccc3ccccc23)C[C@]2(O)CC[C@H]3c4ccc(cc4C(=O)c4cccc(C(F)(F)F)c4)C[C@@H](O)CCC(C)=CCC[C@@]32C)cc1. The molecule has 0 saturated heterocycles. The summed E-state index contributed by atoms with van der Waals surface area (Å²) < 4.78 is 46.9. The summed E-state index contributed by atoms with van der Waals surface area (Å²) >= 11 is 0. The number of nitrogens with zero attached hydrogens (tertiary/aromatic N) is 1. The summed E-state index contributed by atoms with van der Waals surface area (Å²) in [5.41, 5.74) is 0.794. The van der Waals surface area contributed by atoms with E-state index in [1.807, 2.05) is 68.4 Å². The minimum Gasteiger partial charge on any atom is -0.497 e. The zero-order chi connectivity index (χ0) is 42.0. The van der Waals surface area contributed by atoms with Gasteiger partial charge in [-0.3, -0.25) is 4.79 Å². The first-order chi connectivity index (χ1) is 28.2. The second-order valence-electron chi connectivity index (χ2n) is 16.5. The number of urea groups is 1. The number of aliphatic hydroxyl groups excluding tert-OH is 1. The van der Waals surface area contributed by atoms with Gasteiger partial charge in [-0.1, -0.05) is 85.3 Å².